The molecule has 122 valence electrons. The van der Waals surface area contributed by atoms with Gasteiger partial charge in [0.1, 0.15) is 0 Å². The lowest BCUT2D eigenvalue weighted by molar-refractivity contribution is 0.308. The van der Waals surface area contributed by atoms with Crippen molar-refractivity contribution in [2.45, 2.75) is 89.9 Å². The molecule has 2 aliphatic carbocycles. The van der Waals surface area contributed by atoms with Gasteiger partial charge in [-0.25, -0.2) is 0 Å². The Labute approximate surface area is 137 Å². The molecular formula is C22H34. The van der Waals surface area contributed by atoms with Crippen molar-refractivity contribution in [2.24, 2.45) is 11.8 Å². The topological polar surface area (TPSA) is 0 Å². The van der Waals surface area contributed by atoms with Gasteiger partial charge >= 0.3 is 0 Å². The van der Waals surface area contributed by atoms with Gasteiger partial charge in [0.2, 0.25) is 0 Å². The van der Waals surface area contributed by atoms with Crippen molar-refractivity contribution >= 4 is 0 Å². The van der Waals surface area contributed by atoms with E-state index in [4.69, 9.17) is 0 Å². The van der Waals surface area contributed by atoms with Crippen LogP contribution in [0.25, 0.3) is 0 Å². The molecule has 0 heterocycles. The summed E-state index contributed by atoms with van der Waals surface area (Å²) in [6.07, 6.45) is 14.2. The molecule has 0 saturated heterocycles. The maximum atomic E-state index is 2.46. The van der Waals surface area contributed by atoms with E-state index < -0.39 is 0 Å². The Bertz CT molecular complexity index is 428. The summed E-state index contributed by atoms with van der Waals surface area (Å²) in [5.74, 6) is 3.65. The molecule has 0 bridgehead atoms. The standard InChI is InChI=1S/C22H34/c1-3-4-18-7-11-20(12-8-18)22-15-13-21(14-16-22)19-9-5-17(2)6-10-19/h13-20H,3-12H2,1-2H3/t17-,18-,19-,20-. The fourth-order valence-corrected chi connectivity index (χ4v) is 4.83. The van der Waals surface area contributed by atoms with Crippen LogP contribution in [0.5, 0.6) is 0 Å². The Balaban J connectivity index is 1.56. The van der Waals surface area contributed by atoms with Crippen LogP contribution in [0.4, 0.5) is 0 Å². The normalized spacial score (nSPS) is 32.8. The van der Waals surface area contributed by atoms with Crippen molar-refractivity contribution in [1.29, 1.82) is 0 Å². The summed E-state index contributed by atoms with van der Waals surface area (Å²) in [6.45, 7) is 4.74. The first-order valence-electron chi connectivity index (χ1n) is 9.86. The minimum absolute atomic E-state index is 0.838. The highest BCUT2D eigenvalue weighted by Gasteiger charge is 2.23. The van der Waals surface area contributed by atoms with Crippen LogP contribution >= 0.6 is 0 Å². The van der Waals surface area contributed by atoms with Crippen molar-refractivity contribution in [3.05, 3.63) is 35.4 Å². The average Bonchev–Trinajstić information content (AvgIpc) is 2.57. The van der Waals surface area contributed by atoms with Gasteiger partial charge in [0.15, 0.2) is 0 Å². The van der Waals surface area contributed by atoms with Crippen LogP contribution in [-0.4, -0.2) is 0 Å². The predicted molar refractivity (Wildman–Crippen MR) is 96.4 cm³/mol. The Hall–Kier alpha value is -0.780. The van der Waals surface area contributed by atoms with Crippen LogP contribution in [0.1, 0.15) is 101 Å². The second-order valence-corrected chi connectivity index (χ2v) is 8.13. The number of rotatable bonds is 4. The van der Waals surface area contributed by atoms with Gasteiger partial charge in [0.25, 0.3) is 0 Å². The summed E-state index contributed by atoms with van der Waals surface area (Å²) < 4.78 is 0. The van der Waals surface area contributed by atoms with Crippen molar-refractivity contribution in [2.75, 3.05) is 0 Å². The van der Waals surface area contributed by atoms with E-state index in [2.05, 4.69) is 38.1 Å². The van der Waals surface area contributed by atoms with E-state index in [0.717, 1.165) is 23.7 Å². The first-order chi connectivity index (χ1) is 10.8. The first kappa shape index (κ1) is 16.1. The third-order valence-electron chi connectivity index (χ3n) is 6.44. The molecule has 1 aromatic rings. The Kier molecular flexibility index (Phi) is 5.61. The zero-order valence-corrected chi connectivity index (χ0v) is 14.7. The molecule has 0 atom stereocenters. The van der Waals surface area contributed by atoms with E-state index in [0.29, 0.717) is 0 Å². The lowest BCUT2D eigenvalue weighted by Gasteiger charge is -2.29. The SMILES string of the molecule is CCC[C@H]1CC[C@H](c2ccc([C@H]3CC[C@H](C)CC3)cc2)CC1. The van der Waals surface area contributed by atoms with Gasteiger partial charge in [-0.05, 0) is 73.3 Å². The van der Waals surface area contributed by atoms with Crippen LogP contribution in [0, 0.1) is 11.8 Å². The summed E-state index contributed by atoms with van der Waals surface area (Å²) >= 11 is 0. The third-order valence-corrected chi connectivity index (χ3v) is 6.44. The molecule has 0 aliphatic heterocycles. The molecular weight excluding hydrogens is 264 g/mol. The molecule has 2 aliphatic rings. The van der Waals surface area contributed by atoms with Gasteiger partial charge < -0.3 is 0 Å². The maximum absolute atomic E-state index is 2.46. The van der Waals surface area contributed by atoms with E-state index in [1.807, 2.05) is 0 Å². The molecule has 0 heteroatoms. The van der Waals surface area contributed by atoms with Crippen LogP contribution in [0.15, 0.2) is 24.3 Å². The zero-order chi connectivity index (χ0) is 15.4. The number of hydrogen-bond acceptors (Lipinski definition) is 0. The van der Waals surface area contributed by atoms with E-state index >= 15 is 0 Å². The Morgan fingerprint density at radius 3 is 1.64 bits per heavy atom. The molecule has 0 radical (unpaired) electrons. The lowest BCUT2D eigenvalue weighted by Crippen LogP contribution is -2.13. The average molecular weight is 299 g/mol. The van der Waals surface area contributed by atoms with E-state index in [-0.39, 0.29) is 0 Å². The Morgan fingerprint density at radius 2 is 1.18 bits per heavy atom. The molecule has 0 unspecified atom stereocenters. The Morgan fingerprint density at radius 1 is 0.727 bits per heavy atom. The highest BCUT2D eigenvalue weighted by atomic mass is 14.3. The van der Waals surface area contributed by atoms with Gasteiger partial charge in [-0.2, -0.15) is 0 Å². The zero-order valence-electron chi connectivity index (χ0n) is 14.7. The molecule has 2 fully saturated rings. The lowest BCUT2D eigenvalue weighted by atomic mass is 9.76. The van der Waals surface area contributed by atoms with E-state index in [1.165, 1.54) is 64.2 Å². The van der Waals surface area contributed by atoms with Gasteiger partial charge in [0, 0.05) is 0 Å². The summed E-state index contributed by atoms with van der Waals surface area (Å²) in [6, 6.07) is 9.82. The smallest absolute Gasteiger partial charge is 0.0162 e. The molecule has 0 N–H and O–H groups in total. The molecule has 22 heavy (non-hydrogen) atoms. The second-order valence-electron chi connectivity index (χ2n) is 8.13. The maximum Gasteiger partial charge on any atom is -0.0162 e. The summed E-state index contributed by atoms with van der Waals surface area (Å²) in [7, 11) is 0. The van der Waals surface area contributed by atoms with Crippen molar-refractivity contribution in [1.82, 2.24) is 0 Å². The van der Waals surface area contributed by atoms with E-state index in [9.17, 15) is 0 Å². The molecule has 0 nitrogen and oxygen atoms in total. The van der Waals surface area contributed by atoms with Gasteiger partial charge in [-0.1, -0.05) is 63.8 Å². The second kappa shape index (κ2) is 7.66. The third kappa shape index (κ3) is 3.94. The predicted octanol–water partition coefficient (Wildman–Crippen LogP) is 7.05. The van der Waals surface area contributed by atoms with Crippen LogP contribution < -0.4 is 0 Å². The van der Waals surface area contributed by atoms with Gasteiger partial charge in [-0.3, -0.25) is 0 Å². The van der Waals surface area contributed by atoms with Crippen molar-refractivity contribution in [3.63, 3.8) is 0 Å². The van der Waals surface area contributed by atoms with Crippen LogP contribution in [0.2, 0.25) is 0 Å². The van der Waals surface area contributed by atoms with Crippen LogP contribution in [0.3, 0.4) is 0 Å². The monoisotopic (exact) mass is 298 g/mol. The van der Waals surface area contributed by atoms with Crippen molar-refractivity contribution in [3.8, 4) is 0 Å². The molecule has 0 amide bonds. The quantitative estimate of drug-likeness (QED) is 0.558. The largest absolute Gasteiger partial charge is 0.0654 e. The summed E-state index contributed by atoms with van der Waals surface area (Å²) in [5.41, 5.74) is 3.22. The molecule has 2 saturated carbocycles. The minimum Gasteiger partial charge on any atom is -0.0654 e. The highest BCUT2D eigenvalue weighted by molar-refractivity contribution is 5.28. The van der Waals surface area contributed by atoms with E-state index in [1.54, 1.807) is 11.1 Å². The number of benzene rings is 1. The van der Waals surface area contributed by atoms with Gasteiger partial charge in [-0.15, -0.1) is 0 Å². The fourth-order valence-electron chi connectivity index (χ4n) is 4.83. The van der Waals surface area contributed by atoms with Crippen LogP contribution in [-0.2, 0) is 0 Å². The highest BCUT2D eigenvalue weighted by Crippen LogP contribution is 2.39. The fraction of sp³-hybridized carbons (Fsp3) is 0.727. The summed E-state index contributed by atoms with van der Waals surface area (Å²) in [5, 5.41) is 0. The van der Waals surface area contributed by atoms with Crippen molar-refractivity contribution < 1.29 is 0 Å². The molecule has 0 aromatic heterocycles. The summed E-state index contributed by atoms with van der Waals surface area (Å²) in [4.78, 5) is 0. The van der Waals surface area contributed by atoms with Gasteiger partial charge in [0.05, 0.1) is 0 Å². The molecule has 3 rings (SSSR count). The minimum atomic E-state index is 0.838. The molecule has 1 aromatic carbocycles. The molecule has 0 spiro atoms. The first-order valence-corrected chi connectivity index (χ1v) is 9.86. The number of hydrogen-bond donors (Lipinski definition) is 0.